The van der Waals surface area contributed by atoms with Gasteiger partial charge in [0.15, 0.2) is 5.78 Å². The van der Waals surface area contributed by atoms with Crippen molar-refractivity contribution in [3.8, 4) is 5.75 Å². The molecule has 2 fully saturated rings. The number of halogens is 1. The summed E-state index contributed by atoms with van der Waals surface area (Å²) in [4.78, 5) is 38.2. The number of ketones is 1. The standard InChI is InChI=1S/C36H55BrO9/c1-9-24(29-22(4)21-36(11-3,46-29)27-18-20-35(43,10-2)23(5)44-27)30(39)34(8,37)32(42)33(6,7)19-14-17-28(38)45-26-16-13-12-15-25(26)31(40)41/h12-13,15-16,22-24,27,29,32,42-43H,9-11,14,17-21H2,1-8H3,(H,40,41). The Balaban J connectivity index is 1.67. The molecule has 0 aliphatic carbocycles. The molecule has 10 heteroatoms. The Morgan fingerprint density at radius 3 is 2.33 bits per heavy atom. The molecule has 0 aromatic heterocycles. The van der Waals surface area contributed by atoms with Crippen molar-refractivity contribution in [2.75, 3.05) is 0 Å². The number of hydrogen-bond donors (Lipinski definition) is 3. The van der Waals surface area contributed by atoms with Gasteiger partial charge in [-0.25, -0.2) is 4.79 Å². The molecule has 1 aromatic rings. The Labute approximate surface area is 282 Å². The molecule has 2 aliphatic rings. The number of hydrogen-bond acceptors (Lipinski definition) is 8. The number of carboxylic acid groups (broad SMARTS) is 1. The molecule has 0 amide bonds. The van der Waals surface area contributed by atoms with E-state index in [0.29, 0.717) is 38.5 Å². The molecule has 260 valence electrons. The second-order valence-corrected chi connectivity index (χ2v) is 16.1. The number of benzene rings is 1. The molecule has 46 heavy (non-hydrogen) atoms. The lowest BCUT2D eigenvalue weighted by molar-refractivity contribution is -0.229. The highest BCUT2D eigenvalue weighted by Crippen LogP contribution is 2.49. The minimum Gasteiger partial charge on any atom is -0.478 e. The summed E-state index contributed by atoms with van der Waals surface area (Å²) in [5.74, 6) is -2.25. The Kier molecular flexibility index (Phi) is 12.7. The number of esters is 1. The van der Waals surface area contributed by atoms with E-state index in [9.17, 15) is 29.7 Å². The van der Waals surface area contributed by atoms with Crippen LogP contribution < -0.4 is 4.74 Å². The van der Waals surface area contributed by atoms with E-state index in [1.54, 1.807) is 19.1 Å². The van der Waals surface area contributed by atoms with Gasteiger partial charge in [-0.15, -0.1) is 0 Å². The molecule has 1 aromatic carbocycles. The zero-order valence-corrected chi connectivity index (χ0v) is 30.4. The van der Waals surface area contributed by atoms with Crippen LogP contribution in [0, 0.1) is 17.3 Å². The molecule has 3 rings (SSSR count). The van der Waals surface area contributed by atoms with Gasteiger partial charge in [0.05, 0.1) is 35.6 Å². The van der Waals surface area contributed by atoms with E-state index in [-0.39, 0.29) is 47.7 Å². The Morgan fingerprint density at radius 1 is 1.11 bits per heavy atom. The van der Waals surface area contributed by atoms with Crippen LogP contribution in [-0.4, -0.2) is 73.0 Å². The normalized spacial score (nSPS) is 31.1. The van der Waals surface area contributed by atoms with Gasteiger partial charge in [0.25, 0.3) is 0 Å². The minimum atomic E-state index is -1.27. The van der Waals surface area contributed by atoms with Crippen LogP contribution >= 0.6 is 15.9 Å². The van der Waals surface area contributed by atoms with E-state index in [1.807, 2.05) is 34.6 Å². The fourth-order valence-electron chi connectivity index (χ4n) is 7.64. The smallest absolute Gasteiger partial charge is 0.339 e. The predicted octanol–water partition coefficient (Wildman–Crippen LogP) is 6.88. The maximum atomic E-state index is 14.3. The summed E-state index contributed by atoms with van der Waals surface area (Å²) in [6.45, 7) is 15.5. The number of Topliss-reactive ketones (excluding diaryl/α,β-unsaturated/α-hetero) is 1. The fourth-order valence-corrected chi connectivity index (χ4v) is 8.56. The summed E-state index contributed by atoms with van der Waals surface area (Å²) < 4.78 is 17.3. The average molecular weight is 712 g/mol. The number of alkyl halides is 1. The van der Waals surface area contributed by atoms with Gasteiger partial charge in [0.1, 0.15) is 15.6 Å². The molecule has 2 saturated heterocycles. The van der Waals surface area contributed by atoms with Crippen molar-refractivity contribution < 1.29 is 43.9 Å². The number of aliphatic hydroxyl groups excluding tert-OH is 1. The largest absolute Gasteiger partial charge is 0.478 e. The van der Waals surface area contributed by atoms with Crippen LogP contribution in [0.25, 0.3) is 0 Å². The number of carbonyl (C=O) groups excluding carboxylic acids is 2. The Bertz CT molecular complexity index is 1230. The van der Waals surface area contributed by atoms with Crippen molar-refractivity contribution in [1.82, 2.24) is 0 Å². The lowest BCUT2D eigenvalue weighted by Gasteiger charge is -2.47. The van der Waals surface area contributed by atoms with Crippen molar-refractivity contribution in [3.05, 3.63) is 29.8 Å². The van der Waals surface area contributed by atoms with Crippen LogP contribution in [0.2, 0.25) is 0 Å². The summed E-state index contributed by atoms with van der Waals surface area (Å²) in [5, 5.41) is 32.0. The van der Waals surface area contributed by atoms with Crippen LogP contribution in [0.1, 0.15) is 124 Å². The van der Waals surface area contributed by atoms with E-state index in [2.05, 4.69) is 29.8 Å². The van der Waals surface area contributed by atoms with Crippen LogP contribution in [0.15, 0.2) is 24.3 Å². The quantitative estimate of drug-likeness (QED) is 0.101. The van der Waals surface area contributed by atoms with Crippen molar-refractivity contribution in [3.63, 3.8) is 0 Å². The minimum absolute atomic E-state index is 0.00832. The molecular weight excluding hydrogens is 656 g/mol. The molecule has 2 aliphatic heterocycles. The number of para-hydroxylation sites is 1. The first-order valence-corrected chi connectivity index (χ1v) is 17.7. The third-order valence-corrected chi connectivity index (χ3v) is 11.6. The summed E-state index contributed by atoms with van der Waals surface area (Å²) in [5.41, 5.74) is -2.24. The van der Waals surface area contributed by atoms with Gasteiger partial charge in [0, 0.05) is 12.3 Å². The maximum absolute atomic E-state index is 14.3. The fraction of sp³-hybridized carbons (Fsp3) is 0.750. The first kappa shape index (κ1) is 38.6. The number of carbonyl (C=O) groups is 3. The van der Waals surface area contributed by atoms with Crippen molar-refractivity contribution >= 4 is 33.7 Å². The van der Waals surface area contributed by atoms with Gasteiger partial charge < -0.3 is 29.5 Å². The summed E-state index contributed by atoms with van der Waals surface area (Å²) in [6, 6.07) is 5.97. The third kappa shape index (κ3) is 8.05. The van der Waals surface area contributed by atoms with E-state index in [1.165, 1.54) is 12.1 Å². The Hall–Kier alpha value is -1.85. The van der Waals surface area contributed by atoms with Crippen molar-refractivity contribution in [2.45, 2.75) is 153 Å². The molecule has 9 atom stereocenters. The number of carboxylic acids is 1. The third-order valence-electron chi connectivity index (χ3n) is 10.8. The first-order chi connectivity index (χ1) is 21.4. The van der Waals surface area contributed by atoms with E-state index in [0.717, 1.165) is 12.8 Å². The highest BCUT2D eigenvalue weighted by Gasteiger charge is 2.57. The number of aromatic carboxylic acids is 1. The van der Waals surface area contributed by atoms with E-state index in [4.69, 9.17) is 14.2 Å². The monoisotopic (exact) mass is 710 g/mol. The molecule has 0 bridgehead atoms. The van der Waals surface area contributed by atoms with Crippen LogP contribution in [0.3, 0.4) is 0 Å². The molecule has 2 heterocycles. The summed E-state index contributed by atoms with van der Waals surface area (Å²) in [7, 11) is 0. The van der Waals surface area contributed by atoms with Crippen molar-refractivity contribution in [2.24, 2.45) is 17.3 Å². The van der Waals surface area contributed by atoms with Gasteiger partial charge in [-0.2, -0.15) is 0 Å². The summed E-state index contributed by atoms with van der Waals surface area (Å²) in [6.07, 6.45) is 2.89. The predicted molar refractivity (Wildman–Crippen MR) is 179 cm³/mol. The molecular formula is C36H55BrO9. The first-order valence-electron chi connectivity index (χ1n) is 16.9. The molecule has 0 saturated carbocycles. The molecule has 0 radical (unpaired) electrons. The van der Waals surface area contributed by atoms with Gasteiger partial charge in [-0.3, -0.25) is 9.59 Å². The highest BCUT2D eigenvalue weighted by atomic mass is 79.9. The van der Waals surface area contributed by atoms with Gasteiger partial charge in [-0.05, 0) is 88.7 Å². The molecule has 9 unspecified atom stereocenters. The van der Waals surface area contributed by atoms with Crippen LogP contribution in [-0.2, 0) is 19.1 Å². The Morgan fingerprint density at radius 2 is 1.76 bits per heavy atom. The number of rotatable bonds is 15. The van der Waals surface area contributed by atoms with E-state index < -0.39 is 44.9 Å². The van der Waals surface area contributed by atoms with Gasteiger partial charge in [-0.1, -0.05) is 69.6 Å². The van der Waals surface area contributed by atoms with Gasteiger partial charge in [0.2, 0.25) is 0 Å². The van der Waals surface area contributed by atoms with Gasteiger partial charge >= 0.3 is 11.9 Å². The SMILES string of the molecule is CCC(C(=O)C(C)(Br)C(O)C(C)(C)CCCC(=O)Oc1ccccc1C(=O)O)C1OC(CC)(C2CCC(O)(CC)C(C)O2)CC1C. The highest BCUT2D eigenvalue weighted by molar-refractivity contribution is 9.10. The molecule has 9 nitrogen and oxygen atoms in total. The topological polar surface area (TPSA) is 140 Å². The van der Waals surface area contributed by atoms with E-state index >= 15 is 0 Å². The summed E-state index contributed by atoms with van der Waals surface area (Å²) >= 11 is 3.64. The zero-order chi connectivity index (χ0) is 34.7. The number of aliphatic hydroxyl groups is 2. The number of ether oxygens (including phenoxy) is 3. The zero-order valence-electron chi connectivity index (χ0n) is 28.8. The maximum Gasteiger partial charge on any atom is 0.339 e. The van der Waals surface area contributed by atoms with Crippen molar-refractivity contribution in [1.29, 1.82) is 0 Å². The molecule has 3 N–H and O–H groups in total. The van der Waals surface area contributed by atoms with Crippen LogP contribution in [0.5, 0.6) is 5.75 Å². The average Bonchev–Trinajstić information content (AvgIpc) is 3.35. The van der Waals surface area contributed by atoms with Crippen LogP contribution in [0.4, 0.5) is 0 Å². The second kappa shape index (κ2) is 15.1. The lowest BCUT2D eigenvalue weighted by atomic mass is 9.72. The lowest BCUT2D eigenvalue weighted by Crippen LogP contribution is -2.56. The molecule has 0 spiro atoms. The second-order valence-electron chi connectivity index (χ2n) is 14.4.